The average Bonchev–Trinajstić information content (AvgIpc) is 4.38. The van der Waals surface area contributed by atoms with E-state index in [0.29, 0.717) is 69.8 Å². The molecule has 82 heavy (non-hydrogen) atoms. The topological polar surface area (TPSA) is 182 Å². The molecule has 0 spiro atoms. The lowest BCUT2D eigenvalue weighted by atomic mass is 10.1. The monoisotopic (exact) mass is 1100 g/mol. The third kappa shape index (κ3) is 16.8. The van der Waals surface area contributed by atoms with E-state index in [1.807, 2.05) is 81.9 Å². The molecular formula is C66H68N10O6. The van der Waals surface area contributed by atoms with Gasteiger partial charge in [0.05, 0.1) is 40.1 Å². The molecule has 0 radical (unpaired) electrons. The zero-order valence-electron chi connectivity index (χ0n) is 46.6. The maximum absolute atomic E-state index is 12.8. The van der Waals surface area contributed by atoms with E-state index in [9.17, 15) is 9.59 Å². The Bertz CT molecular complexity index is 3370. The second-order valence-electron chi connectivity index (χ2n) is 19.8. The molecule has 16 nitrogen and oxygen atoms in total. The number of carbonyl (C=O) groups is 2. The summed E-state index contributed by atoms with van der Waals surface area (Å²) in [6.07, 6.45) is 22.1. The molecule has 0 fully saturated rings. The van der Waals surface area contributed by atoms with Crippen LogP contribution in [0, 0.1) is 23.7 Å². The second-order valence-corrected chi connectivity index (χ2v) is 19.8. The molecule has 16 heteroatoms. The number of aryl methyl sites for hydroxylation is 2. The van der Waals surface area contributed by atoms with Crippen molar-refractivity contribution < 1.29 is 28.5 Å². The normalized spacial score (nSPS) is 10.9. The van der Waals surface area contributed by atoms with Crippen LogP contribution in [0.4, 0.5) is 11.6 Å². The third-order valence-corrected chi connectivity index (χ3v) is 13.9. The minimum atomic E-state index is -0.267. The number of hydrogen-bond acceptors (Lipinski definition) is 12. The van der Waals surface area contributed by atoms with Crippen LogP contribution in [-0.4, -0.2) is 78.3 Å². The Kier molecular flexibility index (Phi) is 21.0. The number of aromatic nitrogens is 8. The van der Waals surface area contributed by atoms with E-state index in [0.717, 1.165) is 98.2 Å². The summed E-state index contributed by atoms with van der Waals surface area (Å²) in [6, 6.07) is 37.8. The van der Waals surface area contributed by atoms with Crippen LogP contribution in [0.2, 0.25) is 0 Å². The number of amides is 2. The van der Waals surface area contributed by atoms with Crippen LogP contribution in [0.15, 0.2) is 147 Å². The highest BCUT2D eigenvalue weighted by atomic mass is 16.5. The number of fused-ring (bicyclic) bond motifs is 2. The van der Waals surface area contributed by atoms with Crippen molar-refractivity contribution >= 4 is 45.8 Å². The van der Waals surface area contributed by atoms with Crippen LogP contribution >= 0.6 is 0 Å². The standard InChI is InChI=1S/C66H68N10O6/c1-79-55-37-29-53(30-38-55)65(77)73-61-59-63(69-45-67-61)75(47-71-59)41-13-9-5-3-7-11-15-43-81-57-33-25-51(26-34-57)23-21-49-17-19-50(20-18-49)22-24-52-27-35-58(36-28-52)82-44-16-12-8-4-6-10-14-42-76-48-72-60-62(68-46-70-64(60)76)74-66(78)54-31-39-56(80-2)40-32-54/h17-20,25-40,45-48H,3-16,41-44H2,1-2H3,(H,67,69,73,77)(H,68,70,74,78). The van der Waals surface area contributed by atoms with E-state index >= 15 is 0 Å². The molecule has 0 aliphatic rings. The van der Waals surface area contributed by atoms with Crippen molar-refractivity contribution in [3.63, 3.8) is 0 Å². The first-order valence-corrected chi connectivity index (χ1v) is 28.2. The SMILES string of the molecule is COc1ccc(C(=O)Nc2ncnc3c2ncn3CCCCCCCCCOc2ccc(C#Cc3ccc(C#Cc4ccc(OCCCCCCCCCn5cnc6c(NC(=O)c7ccc(OC)cc7)ncnc65)cc4)cc3)cc2)cc1. The first kappa shape index (κ1) is 57.2. The molecule has 2 N–H and O–H groups in total. The quantitative estimate of drug-likeness (QED) is 0.0350. The second kappa shape index (κ2) is 30.2. The van der Waals surface area contributed by atoms with Crippen molar-refractivity contribution in [2.45, 2.75) is 103 Å². The molecule has 9 rings (SSSR count). The van der Waals surface area contributed by atoms with Crippen LogP contribution in [0.5, 0.6) is 23.0 Å². The van der Waals surface area contributed by atoms with E-state index in [1.165, 1.54) is 51.2 Å². The highest BCUT2D eigenvalue weighted by molar-refractivity contribution is 6.07. The summed E-state index contributed by atoms with van der Waals surface area (Å²) >= 11 is 0. The number of benzene rings is 5. The van der Waals surface area contributed by atoms with E-state index in [4.69, 9.17) is 18.9 Å². The number of unbranched alkanes of at least 4 members (excludes halogenated alkanes) is 12. The Morgan fingerprint density at radius 1 is 0.390 bits per heavy atom. The summed E-state index contributed by atoms with van der Waals surface area (Å²) in [5, 5.41) is 5.74. The fourth-order valence-corrected chi connectivity index (χ4v) is 9.23. The number of methoxy groups -OCH3 is 2. The summed E-state index contributed by atoms with van der Waals surface area (Å²) in [5.41, 5.74) is 7.30. The molecule has 0 bridgehead atoms. The van der Waals surface area contributed by atoms with Crippen LogP contribution < -0.4 is 29.6 Å². The number of nitrogens with zero attached hydrogens (tertiary/aromatic N) is 8. The molecule has 0 saturated carbocycles. The maximum atomic E-state index is 12.8. The molecular weight excluding hydrogens is 1030 g/mol. The van der Waals surface area contributed by atoms with Crippen molar-refractivity contribution in [2.24, 2.45) is 0 Å². The maximum Gasteiger partial charge on any atom is 0.256 e. The van der Waals surface area contributed by atoms with Gasteiger partial charge in [0.2, 0.25) is 0 Å². The number of carbonyl (C=O) groups excluding carboxylic acids is 2. The van der Waals surface area contributed by atoms with Crippen molar-refractivity contribution in [2.75, 3.05) is 38.1 Å². The number of ether oxygens (including phenoxy) is 4. The lowest BCUT2D eigenvalue weighted by Gasteiger charge is -2.07. The zero-order chi connectivity index (χ0) is 56.6. The fraction of sp³-hybridized carbons (Fsp3) is 0.303. The lowest BCUT2D eigenvalue weighted by Crippen LogP contribution is -2.13. The molecule has 0 unspecified atom stereocenters. The smallest absolute Gasteiger partial charge is 0.256 e. The van der Waals surface area contributed by atoms with E-state index in [-0.39, 0.29) is 11.8 Å². The molecule has 0 atom stereocenters. The van der Waals surface area contributed by atoms with Crippen molar-refractivity contribution in [3.05, 3.63) is 180 Å². The first-order valence-electron chi connectivity index (χ1n) is 28.2. The fourth-order valence-electron chi connectivity index (χ4n) is 9.23. The number of nitrogens with one attached hydrogen (secondary N) is 2. The molecule has 5 aromatic carbocycles. The first-order chi connectivity index (χ1) is 40.4. The highest BCUT2D eigenvalue weighted by Gasteiger charge is 2.16. The van der Waals surface area contributed by atoms with Gasteiger partial charge in [-0.2, -0.15) is 0 Å². The summed E-state index contributed by atoms with van der Waals surface area (Å²) in [6.45, 7) is 2.99. The van der Waals surface area contributed by atoms with Gasteiger partial charge in [-0.3, -0.25) is 9.59 Å². The van der Waals surface area contributed by atoms with Gasteiger partial charge in [0.15, 0.2) is 34.0 Å². The van der Waals surface area contributed by atoms with Crippen LogP contribution in [0.3, 0.4) is 0 Å². The van der Waals surface area contributed by atoms with Crippen LogP contribution in [0.25, 0.3) is 22.3 Å². The highest BCUT2D eigenvalue weighted by Crippen LogP contribution is 2.23. The predicted octanol–water partition coefficient (Wildman–Crippen LogP) is 12.9. The molecule has 4 heterocycles. The third-order valence-electron chi connectivity index (χ3n) is 13.9. The average molecular weight is 1100 g/mol. The van der Waals surface area contributed by atoms with Gasteiger partial charge in [0, 0.05) is 46.5 Å². The Labute approximate surface area is 479 Å². The van der Waals surface area contributed by atoms with Gasteiger partial charge in [0.25, 0.3) is 11.8 Å². The Hall–Kier alpha value is -9.54. The number of anilines is 2. The van der Waals surface area contributed by atoms with E-state index < -0.39 is 0 Å². The van der Waals surface area contributed by atoms with Gasteiger partial charge < -0.3 is 38.7 Å². The molecule has 0 saturated heterocycles. The van der Waals surface area contributed by atoms with Crippen molar-refractivity contribution in [3.8, 4) is 46.7 Å². The van der Waals surface area contributed by atoms with E-state index in [1.54, 1.807) is 75.4 Å². The molecule has 0 aliphatic carbocycles. The Morgan fingerprint density at radius 3 is 1.06 bits per heavy atom. The summed E-state index contributed by atoms with van der Waals surface area (Å²) in [5.74, 6) is 16.4. The molecule has 0 aliphatic heterocycles. The van der Waals surface area contributed by atoms with Gasteiger partial charge >= 0.3 is 0 Å². The van der Waals surface area contributed by atoms with Gasteiger partial charge in [0.1, 0.15) is 35.7 Å². The van der Waals surface area contributed by atoms with Crippen molar-refractivity contribution in [1.29, 1.82) is 0 Å². The van der Waals surface area contributed by atoms with Crippen LogP contribution in [0.1, 0.15) is 133 Å². The predicted molar refractivity (Wildman–Crippen MR) is 319 cm³/mol. The van der Waals surface area contributed by atoms with Gasteiger partial charge in [-0.25, -0.2) is 29.9 Å². The molecule has 4 aromatic heterocycles. The molecule has 418 valence electrons. The minimum Gasteiger partial charge on any atom is -0.497 e. The van der Waals surface area contributed by atoms with Gasteiger partial charge in [-0.05, 0) is 147 Å². The van der Waals surface area contributed by atoms with Crippen molar-refractivity contribution in [1.82, 2.24) is 39.0 Å². The minimum absolute atomic E-state index is 0.267. The zero-order valence-corrected chi connectivity index (χ0v) is 46.6. The van der Waals surface area contributed by atoms with E-state index in [2.05, 4.69) is 64.2 Å². The molecule has 9 aromatic rings. The number of hydrogen-bond donors (Lipinski definition) is 2. The lowest BCUT2D eigenvalue weighted by molar-refractivity contribution is 0.101. The van der Waals surface area contributed by atoms with Crippen LogP contribution in [-0.2, 0) is 13.1 Å². The van der Waals surface area contributed by atoms with Gasteiger partial charge in [-0.1, -0.05) is 87.9 Å². The largest absolute Gasteiger partial charge is 0.497 e. The van der Waals surface area contributed by atoms with Gasteiger partial charge in [-0.15, -0.1) is 0 Å². The Balaban J connectivity index is 0.582. The summed E-state index contributed by atoms with van der Waals surface area (Å²) < 4.78 is 26.5. The number of imidazole rings is 2. The molecule has 2 amide bonds. The summed E-state index contributed by atoms with van der Waals surface area (Å²) in [7, 11) is 3.18. The Morgan fingerprint density at radius 2 is 0.707 bits per heavy atom. The number of rotatable bonds is 28. The summed E-state index contributed by atoms with van der Waals surface area (Å²) in [4.78, 5) is 52.1.